The van der Waals surface area contributed by atoms with Crippen LogP contribution >= 0.6 is 0 Å². The molecule has 1 amide bonds. The fraction of sp³-hybridized carbons (Fsp3) is 0.211. The average molecular weight is 354 g/mol. The summed E-state index contributed by atoms with van der Waals surface area (Å²) in [6, 6.07) is 14.5. The molecular formula is C19H18N2O3S. The van der Waals surface area contributed by atoms with Crippen LogP contribution in [-0.2, 0) is 21.1 Å². The molecule has 2 heterocycles. The molecule has 0 radical (unpaired) electrons. The highest BCUT2D eigenvalue weighted by molar-refractivity contribution is 7.91. The molecule has 0 spiro atoms. The van der Waals surface area contributed by atoms with E-state index in [0.717, 1.165) is 16.5 Å². The van der Waals surface area contributed by atoms with E-state index in [1.807, 2.05) is 24.4 Å². The lowest BCUT2D eigenvalue weighted by atomic mass is 10.1. The fourth-order valence-electron chi connectivity index (χ4n) is 3.35. The predicted molar refractivity (Wildman–Crippen MR) is 96.0 cm³/mol. The molecule has 0 saturated carbocycles. The summed E-state index contributed by atoms with van der Waals surface area (Å²) in [6.07, 6.45) is 2.84. The molecule has 1 atom stereocenters. The highest BCUT2D eigenvalue weighted by atomic mass is 32.2. The number of aromatic nitrogens is 1. The maximum absolute atomic E-state index is 12.3. The average Bonchev–Trinajstić information content (AvgIpc) is 3.16. The standard InChI is InChI=1S/C19H18N2O3S/c22-19(8-6-13-5-7-16-14(11-13)9-10-20-16)21-17-12-25(23,24)18-4-2-1-3-15(17)18/h1-5,7,9-11,17,20H,6,8,12H2,(H,21,22). The lowest BCUT2D eigenvalue weighted by Gasteiger charge is -2.12. The van der Waals surface area contributed by atoms with E-state index in [1.54, 1.807) is 24.3 Å². The molecule has 2 aromatic carbocycles. The summed E-state index contributed by atoms with van der Waals surface area (Å²) in [5.41, 5.74) is 2.84. The van der Waals surface area contributed by atoms with Crippen molar-refractivity contribution in [2.45, 2.75) is 23.8 Å². The van der Waals surface area contributed by atoms with E-state index >= 15 is 0 Å². The first-order valence-electron chi connectivity index (χ1n) is 8.20. The van der Waals surface area contributed by atoms with Crippen LogP contribution in [0.3, 0.4) is 0 Å². The Morgan fingerprint density at radius 1 is 1.16 bits per heavy atom. The maximum atomic E-state index is 12.3. The van der Waals surface area contributed by atoms with Crippen LogP contribution in [0.2, 0.25) is 0 Å². The second-order valence-electron chi connectivity index (χ2n) is 6.34. The van der Waals surface area contributed by atoms with Crippen LogP contribution in [-0.4, -0.2) is 25.1 Å². The Morgan fingerprint density at radius 2 is 2.00 bits per heavy atom. The van der Waals surface area contributed by atoms with Gasteiger partial charge in [-0.3, -0.25) is 4.79 Å². The number of nitrogens with one attached hydrogen (secondary N) is 2. The zero-order valence-corrected chi connectivity index (χ0v) is 14.3. The fourth-order valence-corrected chi connectivity index (χ4v) is 5.09. The minimum atomic E-state index is -3.30. The van der Waals surface area contributed by atoms with E-state index in [4.69, 9.17) is 0 Å². The van der Waals surface area contributed by atoms with Crippen molar-refractivity contribution in [2.24, 2.45) is 0 Å². The highest BCUT2D eigenvalue weighted by Gasteiger charge is 2.34. The van der Waals surface area contributed by atoms with E-state index in [1.165, 1.54) is 0 Å². The van der Waals surface area contributed by atoms with Crippen LogP contribution in [0.1, 0.15) is 23.6 Å². The molecule has 6 heteroatoms. The Morgan fingerprint density at radius 3 is 2.88 bits per heavy atom. The third kappa shape index (κ3) is 3.05. The van der Waals surface area contributed by atoms with Gasteiger partial charge in [0.05, 0.1) is 16.7 Å². The second kappa shape index (κ2) is 6.04. The molecule has 5 nitrogen and oxygen atoms in total. The Bertz CT molecular complexity index is 1050. The SMILES string of the molecule is O=C(CCc1ccc2[nH]ccc2c1)NC1CS(=O)(=O)c2ccccc21. The summed E-state index contributed by atoms with van der Waals surface area (Å²) in [5.74, 6) is -0.195. The van der Waals surface area contributed by atoms with Crippen molar-refractivity contribution in [3.8, 4) is 0 Å². The van der Waals surface area contributed by atoms with Crippen molar-refractivity contribution in [2.75, 3.05) is 5.75 Å². The van der Waals surface area contributed by atoms with Crippen molar-refractivity contribution >= 4 is 26.6 Å². The third-order valence-corrected chi connectivity index (χ3v) is 6.42. The van der Waals surface area contributed by atoms with Crippen molar-refractivity contribution in [1.82, 2.24) is 10.3 Å². The van der Waals surface area contributed by atoms with Gasteiger partial charge in [-0.2, -0.15) is 0 Å². The van der Waals surface area contributed by atoms with Gasteiger partial charge < -0.3 is 10.3 Å². The number of aryl methyl sites for hydroxylation is 1. The lowest BCUT2D eigenvalue weighted by molar-refractivity contribution is -0.121. The summed E-state index contributed by atoms with van der Waals surface area (Å²) in [5, 5.41) is 3.99. The van der Waals surface area contributed by atoms with Crippen molar-refractivity contribution < 1.29 is 13.2 Å². The molecule has 1 aromatic heterocycles. The third-order valence-electron chi connectivity index (χ3n) is 4.61. The monoisotopic (exact) mass is 354 g/mol. The Hall–Kier alpha value is -2.60. The maximum Gasteiger partial charge on any atom is 0.220 e. The van der Waals surface area contributed by atoms with Gasteiger partial charge in [0.2, 0.25) is 5.91 Å². The normalized spacial score (nSPS) is 18.2. The van der Waals surface area contributed by atoms with Gasteiger partial charge in [-0.15, -0.1) is 0 Å². The van der Waals surface area contributed by atoms with Gasteiger partial charge in [-0.25, -0.2) is 8.42 Å². The van der Waals surface area contributed by atoms with E-state index in [9.17, 15) is 13.2 Å². The minimum Gasteiger partial charge on any atom is -0.361 e. The number of aromatic amines is 1. The van der Waals surface area contributed by atoms with Crippen LogP contribution in [0.25, 0.3) is 10.9 Å². The number of carbonyl (C=O) groups is 1. The van der Waals surface area contributed by atoms with Gasteiger partial charge in [-0.1, -0.05) is 24.3 Å². The number of carbonyl (C=O) groups excluding carboxylic acids is 1. The minimum absolute atomic E-state index is 0.0621. The van der Waals surface area contributed by atoms with Gasteiger partial charge in [0, 0.05) is 18.1 Å². The summed E-state index contributed by atoms with van der Waals surface area (Å²) < 4.78 is 24.3. The van der Waals surface area contributed by atoms with Crippen LogP contribution in [0, 0.1) is 0 Å². The zero-order chi connectivity index (χ0) is 17.4. The summed E-state index contributed by atoms with van der Waals surface area (Å²) >= 11 is 0. The van der Waals surface area contributed by atoms with Gasteiger partial charge in [0.1, 0.15) is 0 Å². The molecule has 128 valence electrons. The number of H-pyrrole nitrogens is 1. The number of rotatable bonds is 4. The van der Waals surface area contributed by atoms with Gasteiger partial charge in [0.25, 0.3) is 0 Å². The first-order chi connectivity index (χ1) is 12.0. The Balaban J connectivity index is 1.43. The second-order valence-corrected chi connectivity index (χ2v) is 8.34. The van der Waals surface area contributed by atoms with Gasteiger partial charge in [0.15, 0.2) is 9.84 Å². The molecule has 1 aliphatic heterocycles. The van der Waals surface area contributed by atoms with Crippen molar-refractivity contribution in [3.05, 3.63) is 65.9 Å². The Labute approximate surface area is 146 Å². The van der Waals surface area contributed by atoms with E-state index < -0.39 is 15.9 Å². The lowest BCUT2D eigenvalue weighted by Crippen LogP contribution is -2.29. The molecule has 0 saturated heterocycles. The molecule has 4 rings (SSSR count). The molecule has 2 N–H and O–H groups in total. The number of hydrogen-bond acceptors (Lipinski definition) is 3. The molecule has 0 bridgehead atoms. The summed E-state index contributed by atoms with van der Waals surface area (Å²) in [4.78, 5) is 15.8. The Kier molecular flexibility index (Phi) is 3.84. The molecular weight excluding hydrogens is 336 g/mol. The van der Waals surface area contributed by atoms with Crippen LogP contribution in [0.5, 0.6) is 0 Å². The van der Waals surface area contributed by atoms with Crippen molar-refractivity contribution in [1.29, 1.82) is 0 Å². The molecule has 0 aliphatic carbocycles. The smallest absolute Gasteiger partial charge is 0.220 e. The van der Waals surface area contributed by atoms with Crippen LogP contribution < -0.4 is 5.32 Å². The summed E-state index contributed by atoms with van der Waals surface area (Å²) in [7, 11) is -3.30. The first kappa shape index (κ1) is 15.9. The number of hydrogen-bond donors (Lipinski definition) is 2. The van der Waals surface area contributed by atoms with Crippen LogP contribution in [0.4, 0.5) is 0 Å². The molecule has 25 heavy (non-hydrogen) atoms. The first-order valence-corrected chi connectivity index (χ1v) is 9.85. The van der Waals surface area contributed by atoms with Crippen molar-refractivity contribution in [3.63, 3.8) is 0 Å². The van der Waals surface area contributed by atoms with Gasteiger partial charge >= 0.3 is 0 Å². The highest BCUT2D eigenvalue weighted by Crippen LogP contribution is 2.33. The number of fused-ring (bicyclic) bond motifs is 2. The molecule has 1 unspecified atom stereocenters. The topological polar surface area (TPSA) is 79.0 Å². The van der Waals surface area contributed by atoms with Crippen LogP contribution in [0.15, 0.2) is 59.6 Å². The largest absolute Gasteiger partial charge is 0.361 e. The van der Waals surface area contributed by atoms with E-state index in [0.29, 0.717) is 23.3 Å². The van der Waals surface area contributed by atoms with Gasteiger partial charge in [-0.05, 0) is 47.2 Å². The molecule has 1 aliphatic rings. The number of sulfone groups is 1. The zero-order valence-electron chi connectivity index (χ0n) is 13.5. The predicted octanol–water partition coefficient (Wildman–Crippen LogP) is 2.75. The van der Waals surface area contributed by atoms with E-state index in [-0.39, 0.29) is 11.7 Å². The number of benzene rings is 2. The quantitative estimate of drug-likeness (QED) is 0.756. The number of amides is 1. The molecule has 3 aromatic rings. The van der Waals surface area contributed by atoms with E-state index in [2.05, 4.69) is 16.4 Å². The summed E-state index contributed by atoms with van der Waals surface area (Å²) in [6.45, 7) is 0. The molecule has 0 fully saturated rings.